The van der Waals surface area contributed by atoms with Gasteiger partial charge in [-0.2, -0.15) is 0 Å². The van der Waals surface area contributed by atoms with Crippen LogP contribution in [0.2, 0.25) is 0 Å². The molecule has 2 heterocycles. The molecule has 7 heteroatoms. The number of thiazole rings is 2. The summed E-state index contributed by atoms with van der Waals surface area (Å²) in [7, 11) is 1.40. The number of nitrogens with one attached hydrogen (secondary N) is 1. The van der Waals surface area contributed by atoms with Gasteiger partial charge >= 0.3 is 5.97 Å². The molecule has 0 atom stereocenters. The van der Waals surface area contributed by atoms with E-state index in [1.807, 2.05) is 12.3 Å². The highest BCUT2D eigenvalue weighted by Gasteiger charge is 2.06. The second kappa shape index (κ2) is 7.35. The lowest BCUT2D eigenvalue weighted by molar-refractivity contribution is -0.140. The van der Waals surface area contributed by atoms with Crippen molar-refractivity contribution in [2.75, 3.05) is 19.0 Å². The number of methoxy groups -OCH3 is 1. The van der Waals surface area contributed by atoms with Crippen molar-refractivity contribution in [3.8, 4) is 0 Å². The van der Waals surface area contributed by atoms with Crippen LogP contribution < -0.4 is 5.32 Å². The van der Waals surface area contributed by atoms with Crippen molar-refractivity contribution in [3.05, 3.63) is 27.2 Å². The van der Waals surface area contributed by atoms with Gasteiger partial charge in [0, 0.05) is 35.8 Å². The van der Waals surface area contributed by atoms with Gasteiger partial charge in [-0.15, -0.1) is 22.7 Å². The van der Waals surface area contributed by atoms with Crippen LogP contribution in [0.15, 0.2) is 10.8 Å². The number of carbonyl (C=O) groups excluding carboxylic acids is 1. The zero-order valence-corrected chi connectivity index (χ0v) is 13.1. The molecule has 2 rings (SSSR count). The predicted octanol–water partition coefficient (Wildman–Crippen LogP) is 2.67. The van der Waals surface area contributed by atoms with Crippen molar-refractivity contribution in [3.63, 3.8) is 0 Å². The summed E-state index contributed by atoms with van der Waals surface area (Å²) in [6.07, 6.45) is 1.89. The van der Waals surface area contributed by atoms with E-state index in [0.29, 0.717) is 12.8 Å². The Morgan fingerprint density at radius 2 is 2.15 bits per heavy atom. The van der Waals surface area contributed by atoms with Crippen LogP contribution in [-0.4, -0.2) is 29.6 Å². The molecule has 0 fully saturated rings. The van der Waals surface area contributed by atoms with Crippen LogP contribution in [0.25, 0.3) is 0 Å². The predicted molar refractivity (Wildman–Crippen MR) is 81.5 cm³/mol. The first kappa shape index (κ1) is 14.9. The van der Waals surface area contributed by atoms with E-state index in [9.17, 15) is 4.79 Å². The zero-order valence-electron chi connectivity index (χ0n) is 11.5. The molecule has 2 aromatic heterocycles. The van der Waals surface area contributed by atoms with Gasteiger partial charge < -0.3 is 10.1 Å². The lowest BCUT2D eigenvalue weighted by atomic mass is 10.2. The Balaban J connectivity index is 1.73. The first-order valence-electron chi connectivity index (χ1n) is 6.33. The van der Waals surface area contributed by atoms with Gasteiger partial charge in [0.2, 0.25) is 0 Å². The van der Waals surface area contributed by atoms with Gasteiger partial charge in [-0.05, 0) is 6.92 Å². The molecule has 0 aromatic carbocycles. The Morgan fingerprint density at radius 1 is 1.30 bits per heavy atom. The topological polar surface area (TPSA) is 64.1 Å². The summed E-state index contributed by atoms with van der Waals surface area (Å²) in [5.41, 5.74) is 2.00. The summed E-state index contributed by atoms with van der Waals surface area (Å²) in [6.45, 7) is 2.82. The monoisotopic (exact) mass is 311 g/mol. The maximum Gasteiger partial charge on any atom is 0.305 e. The number of ether oxygens (including phenoxy) is 1. The third kappa shape index (κ3) is 4.57. The average Bonchev–Trinajstić information content (AvgIpc) is 3.05. The molecule has 20 heavy (non-hydrogen) atoms. The lowest BCUT2D eigenvalue weighted by Crippen LogP contribution is -2.05. The van der Waals surface area contributed by atoms with E-state index in [1.165, 1.54) is 7.11 Å². The minimum absolute atomic E-state index is 0.202. The second-order valence-electron chi connectivity index (χ2n) is 4.28. The first-order chi connectivity index (χ1) is 9.67. The number of nitrogens with zero attached hydrogens (tertiary/aromatic N) is 2. The van der Waals surface area contributed by atoms with Crippen LogP contribution in [0.1, 0.15) is 22.8 Å². The van der Waals surface area contributed by atoms with E-state index in [-0.39, 0.29) is 5.97 Å². The summed E-state index contributed by atoms with van der Waals surface area (Å²) < 4.78 is 4.61. The zero-order chi connectivity index (χ0) is 14.4. The van der Waals surface area contributed by atoms with Crippen molar-refractivity contribution in [2.45, 2.75) is 26.2 Å². The highest BCUT2D eigenvalue weighted by molar-refractivity contribution is 7.13. The number of hydrogen-bond acceptors (Lipinski definition) is 7. The van der Waals surface area contributed by atoms with E-state index < -0.39 is 0 Å². The Hall–Kier alpha value is -1.47. The number of carbonyl (C=O) groups is 1. The molecule has 0 aliphatic heterocycles. The minimum Gasteiger partial charge on any atom is -0.469 e. The average molecular weight is 311 g/mol. The molecule has 0 saturated carbocycles. The van der Waals surface area contributed by atoms with Crippen molar-refractivity contribution >= 4 is 33.8 Å². The van der Waals surface area contributed by atoms with Gasteiger partial charge in [-0.25, -0.2) is 9.97 Å². The summed E-state index contributed by atoms with van der Waals surface area (Å²) in [4.78, 5) is 19.9. The molecule has 2 aromatic rings. The molecule has 0 bridgehead atoms. The third-order valence-electron chi connectivity index (χ3n) is 2.65. The molecule has 0 unspecified atom stereocenters. The molecular formula is C13H17N3O2S2. The Bertz CT molecular complexity index is 565. The molecule has 5 nitrogen and oxygen atoms in total. The van der Waals surface area contributed by atoms with Crippen LogP contribution in [0.3, 0.4) is 0 Å². The summed E-state index contributed by atoms with van der Waals surface area (Å²) in [5, 5.41) is 9.34. The van der Waals surface area contributed by atoms with Gasteiger partial charge in [0.25, 0.3) is 0 Å². The molecular weight excluding hydrogens is 294 g/mol. The summed E-state index contributed by atoms with van der Waals surface area (Å²) in [6, 6.07) is 0. The Morgan fingerprint density at radius 3 is 2.85 bits per heavy atom. The van der Waals surface area contributed by atoms with Crippen LogP contribution in [0.4, 0.5) is 5.13 Å². The van der Waals surface area contributed by atoms with Gasteiger partial charge in [0.15, 0.2) is 5.13 Å². The highest BCUT2D eigenvalue weighted by atomic mass is 32.1. The van der Waals surface area contributed by atoms with Crippen LogP contribution >= 0.6 is 22.7 Å². The van der Waals surface area contributed by atoms with Crippen molar-refractivity contribution in [2.24, 2.45) is 0 Å². The fourth-order valence-corrected chi connectivity index (χ4v) is 3.18. The van der Waals surface area contributed by atoms with E-state index in [4.69, 9.17) is 0 Å². The van der Waals surface area contributed by atoms with E-state index in [0.717, 1.165) is 34.5 Å². The van der Waals surface area contributed by atoms with Gasteiger partial charge in [-0.1, -0.05) is 0 Å². The molecule has 108 valence electrons. The number of anilines is 1. The lowest BCUT2D eigenvalue weighted by Gasteiger charge is -2.00. The van der Waals surface area contributed by atoms with Crippen molar-refractivity contribution in [1.29, 1.82) is 0 Å². The molecule has 0 radical (unpaired) electrons. The van der Waals surface area contributed by atoms with Gasteiger partial charge in [0.1, 0.15) is 0 Å². The van der Waals surface area contributed by atoms with Gasteiger partial charge in [-0.3, -0.25) is 4.79 Å². The summed E-state index contributed by atoms with van der Waals surface area (Å²) in [5.74, 6) is -0.202. The number of esters is 1. The minimum atomic E-state index is -0.202. The summed E-state index contributed by atoms with van der Waals surface area (Å²) >= 11 is 3.24. The number of aromatic nitrogens is 2. The van der Waals surface area contributed by atoms with E-state index in [1.54, 1.807) is 22.7 Å². The highest BCUT2D eigenvalue weighted by Crippen LogP contribution is 2.17. The van der Waals surface area contributed by atoms with Crippen LogP contribution in [0.5, 0.6) is 0 Å². The largest absolute Gasteiger partial charge is 0.469 e. The fraction of sp³-hybridized carbons (Fsp3) is 0.462. The second-order valence-corrected chi connectivity index (χ2v) is 6.08. The van der Waals surface area contributed by atoms with E-state index >= 15 is 0 Å². The standard InChI is InChI=1S/C13H17N3O2S2/c1-9-7-19-11(15-9)5-6-14-13-16-10(8-20-13)3-4-12(17)18-2/h7-8H,3-6H2,1-2H3,(H,14,16). The quantitative estimate of drug-likeness (QED) is 0.796. The van der Waals surface area contributed by atoms with Crippen molar-refractivity contribution in [1.82, 2.24) is 9.97 Å². The molecule has 0 aliphatic rings. The smallest absolute Gasteiger partial charge is 0.305 e. The Labute approximate surface area is 126 Å². The molecule has 0 aliphatic carbocycles. The maximum absolute atomic E-state index is 11.1. The third-order valence-corrected chi connectivity index (χ3v) is 4.52. The number of aryl methyl sites for hydroxylation is 2. The molecule has 0 saturated heterocycles. The number of hydrogen-bond donors (Lipinski definition) is 1. The SMILES string of the molecule is COC(=O)CCc1csc(NCCc2nc(C)cs2)n1. The normalized spacial score (nSPS) is 10.5. The Kier molecular flexibility index (Phi) is 5.49. The molecule has 0 spiro atoms. The van der Waals surface area contributed by atoms with Crippen molar-refractivity contribution < 1.29 is 9.53 Å². The van der Waals surface area contributed by atoms with E-state index in [2.05, 4.69) is 25.4 Å². The molecule has 0 amide bonds. The fourth-order valence-electron chi connectivity index (χ4n) is 1.63. The van der Waals surface area contributed by atoms with Gasteiger partial charge in [0.05, 0.1) is 24.2 Å². The number of rotatable bonds is 7. The molecule has 1 N–H and O–H groups in total. The van der Waals surface area contributed by atoms with Crippen LogP contribution in [0, 0.1) is 6.92 Å². The maximum atomic E-state index is 11.1. The van der Waals surface area contributed by atoms with Crippen LogP contribution in [-0.2, 0) is 22.4 Å². The first-order valence-corrected chi connectivity index (χ1v) is 8.09.